The highest BCUT2D eigenvalue weighted by molar-refractivity contribution is 6.08. The van der Waals surface area contributed by atoms with E-state index in [1.165, 1.54) is 16.9 Å². The molecule has 3 saturated heterocycles. The number of fused-ring (bicyclic) bond motifs is 2. The first-order valence-corrected chi connectivity index (χ1v) is 21.0. The molecular weight excluding hydrogens is 789 g/mol. The fraction of sp³-hybridized carbons (Fsp3) is 0.512. The van der Waals surface area contributed by atoms with Gasteiger partial charge in [-0.3, -0.25) is 29.8 Å². The van der Waals surface area contributed by atoms with Crippen LogP contribution in [-0.4, -0.2) is 124 Å². The van der Waals surface area contributed by atoms with Gasteiger partial charge in [0.25, 0.3) is 12.3 Å². The number of para-hydroxylation sites is 1. The zero-order chi connectivity index (χ0) is 42.5. The van der Waals surface area contributed by atoms with Gasteiger partial charge in [-0.1, -0.05) is 24.0 Å². The number of nitrogens with one attached hydrogen (secondary N) is 4. The predicted molar refractivity (Wildman–Crippen MR) is 222 cm³/mol. The quantitative estimate of drug-likeness (QED) is 0.0931. The lowest BCUT2D eigenvalue weighted by Gasteiger charge is -2.36. The molecule has 3 amide bonds. The Morgan fingerprint density at radius 3 is 2.62 bits per heavy atom. The molecule has 3 aromatic heterocycles. The van der Waals surface area contributed by atoms with Crippen molar-refractivity contribution in [3.63, 3.8) is 0 Å². The molecule has 1 aromatic carbocycles. The van der Waals surface area contributed by atoms with Gasteiger partial charge in [0.05, 0.1) is 53.9 Å². The molecule has 61 heavy (non-hydrogen) atoms. The number of imide groups is 1. The fourth-order valence-electron chi connectivity index (χ4n) is 8.78. The van der Waals surface area contributed by atoms with Crippen LogP contribution < -0.4 is 20.9 Å². The Kier molecular flexibility index (Phi) is 13.0. The molecule has 0 bridgehead atoms. The number of carbonyl (C=O) groups excluding carboxylic acids is 3. The maximum atomic E-state index is 13.8. The number of ether oxygens (including phenoxy) is 2. The second-order valence-electron chi connectivity index (χ2n) is 16.1. The van der Waals surface area contributed by atoms with Gasteiger partial charge in [-0.15, -0.1) is 0 Å². The summed E-state index contributed by atoms with van der Waals surface area (Å²) in [5, 5.41) is 25.9. The van der Waals surface area contributed by atoms with Crippen LogP contribution in [0.1, 0.15) is 78.9 Å². The number of morpholine rings is 1. The highest BCUT2D eigenvalue weighted by atomic mass is 19.3. The molecule has 16 nitrogen and oxygen atoms in total. The molecule has 3 aliphatic heterocycles. The summed E-state index contributed by atoms with van der Waals surface area (Å²) in [6.45, 7) is 5.62. The van der Waals surface area contributed by atoms with Crippen molar-refractivity contribution in [1.82, 2.24) is 45.2 Å². The molecule has 1 saturated carbocycles. The van der Waals surface area contributed by atoms with E-state index in [-0.39, 0.29) is 35.2 Å². The van der Waals surface area contributed by atoms with Crippen LogP contribution in [0.4, 0.5) is 14.6 Å². The first-order chi connectivity index (χ1) is 29.6. The summed E-state index contributed by atoms with van der Waals surface area (Å²) in [5.41, 5.74) is 1.47. The average molecular weight is 840 g/mol. The zero-order valence-electron chi connectivity index (χ0n) is 34.2. The molecule has 6 heterocycles. The molecule has 1 aliphatic carbocycles. The Bertz CT molecular complexity index is 2360. The van der Waals surface area contributed by atoms with Crippen molar-refractivity contribution in [2.24, 2.45) is 13.0 Å². The number of anilines is 1. The van der Waals surface area contributed by atoms with E-state index in [1.807, 2.05) is 30.1 Å². The minimum absolute atomic E-state index is 0.0286. The first-order valence-electron chi connectivity index (χ1n) is 21.0. The minimum Gasteiger partial charge on any atom is -0.386 e. The number of aryl methyl sites for hydroxylation is 1. The van der Waals surface area contributed by atoms with E-state index < -0.39 is 24.0 Å². The third kappa shape index (κ3) is 9.74. The van der Waals surface area contributed by atoms with Crippen molar-refractivity contribution in [2.75, 3.05) is 57.4 Å². The average Bonchev–Trinajstić information content (AvgIpc) is 3.85. The van der Waals surface area contributed by atoms with Gasteiger partial charge in [0.15, 0.2) is 5.65 Å². The van der Waals surface area contributed by atoms with Crippen molar-refractivity contribution >= 4 is 45.8 Å². The fourth-order valence-corrected chi connectivity index (χ4v) is 8.78. The molecule has 8 rings (SSSR count). The SMILES string of the molecule is Cn1nc(C2CCC(=O)NC2=O)c2cccc(C#CCOC3CCN(CC4CCC(N/C=C(/NC(=O)c5cnn6ccc(N7CCOCC7)nc56)C(=N)C(F)F)CC4)CC3)c21. The van der Waals surface area contributed by atoms with Gasteiger partial charge in [0.2, 0.25) is 11.8 Å². The number of rotatable bonds is 12. The van der Waals surface area contributed by atoms with Crippen molar-refractivity contribution in [2.45, 2.75) is 75.9 Å². The first kappa shape index (κ1) is 41.9. The van der Waals surface area contributed by atoms with Crippen molar-refractivity contribution in [1.29, 1.82) is 5.41 Å². The number of alkyl halides is 2. The smallest absolute Gasteiger partial charge is 0.281 e. The van der Waals surface area contributed by atoms with E-state index in [0.29, 0.717) is 68.8 Å². The number of hydrogen-bond donors (Lipinski definition) is 4. The maximum Gasteiger partial charge on any atom is 0.281 e. The van der Waals surface area contributed by atoms with Crippen LogP contribution in [0.3, 0.4) is 0 Å². The van der Waals surface area contributed by atoms with Crippen LogP contribution in [-0.2, 0) is 26.1 Å². The number of carbonyl (C=O) groups is 3. The number of hydrogen-bond acceptors (Lipinski definition) is 12. The Labute approximate surface area is 351 Å². The van der Waals surface area contributed by atoms with E-state index >= 15 is 0 Å². The number of nitrogens with zero attached hydrogens (tertiary/aromatic N) is 7. The molecule has 1 unspecified atom stereocenters. The third-order valence-electron chi connectivity index (χ3n) is 12.1. The molecule has 4 aromatic rings. The standard InChI is InChI=1S/C43H51F2N11O5/c1-53-39-28(4-2-6-31(39)38(52-53)32-11-12-36(57)51-42(32)58)5-3-21-61-30-13-16-54(17-14-30)26-27-7-9-29(10-8-27)47-25-34(37(46)40(44)45)49-43(59)33-24-48-56-18-15-35(50-41(33)56)55-19-22-60-23-20-55/h2,4,6,15,18,24-25,27,29-30,32,40,46-47H,7-14,16-17,19-23,26H2,1H3,(H,49,59)(H,51,57,58)/b34-25+,46-37?. The number of allylic oxidation sites excluding steroid dienone is 1. The summed E-state index contributed by atoms with van der Waals surface area (Å²) >= 11 is 0. The van der Waals surface area contributed by atoms with Crippen LogP contribution in [0.25, 0.3) is 16.6 Å². The number of likely N-dealkylation sites (tertiary alicyclic amines) is 1. The molecule has 322 valence electrons. The lowest BCUT2D eigenvalue weighted by atomic mass is 9.85. The van der Waals surface area contributed by atoms with Gasteiger partial charge in [-0.05, 0) is 63.0 Å². The monoisotopic (exact) mass is 839 g/mol. The van der Waals surface area contributed by atoms with Gasteiger partial charge in [-0.25, -0.2) is 18.3 Å². The van der Waals surface area contributed by atoms with Crippen LogP contribution in [0, 0.1) is 23.2 Å². The summed E-state index contributed by atoms with van der Waals surface area (Å²) in [7, 11) is 1.84. The van der Waals surface area contributed by atoms with Gasteiger partial charge in [0.1, 0.15) is 23.7 Å². The summed E-state index contributed by atoms with van der Waals surface area (Å²) < 4.78 is 42.4. The van der Waals surface area contributed by atoms with Gasteiger partial charge < -0.3 is 29.9 Å². The third-order valence-corrected chi connectivity index (χ3v) is 12.1. The van der Waals surface area contributed by atoms with Gasteiger partial charge in [-0.2, -0.15) is 10.2 Å². The number of aromatic nitrogens is 5. The van der Waals surface area contributed by atoms with Crippen molar-refractivity contribution in [3.8, 4) is 11.8 Å². The summed E-state index contributed by atoms with van der Waals surface area (Å²) in [4.78, 5) is 46.8. The Morgan fingerprint density at radius 1 is 1.08 bits per heavy atom. The maximum absolute atomic E-state index is 13.8. The Hall–Kier alpha value is -5.77. The second-order valence-corrected chi connectivity index (χ2v) is 16.1. The topological polar surface area (TPSA) is 184 Å². The molecule has 0 spiro atoms. The molecule has 18 heteroatoms. The predicted octanol–water partition coefficient (Wildman–Crippen LogP) is 3.51. The summed E-state index contributed by atoms with van der Waals surface area (Å²) in [6.07, 6.45) is 7.64. The van der Waals surface area contributed by atoms with Crippen molar-refractivity contribution < 1.29 is 32.6 Å². The highest BCUT2D eigenvalue weighted by Gasteiger charge is 2.32. The van der Waals surface area contributed by atoms with E-state index in [0.717, 1.165) is 74.6 Å². The van der Waals surface area contributed by atoms with E-state index in [4.69, 9.17) is 14.9 Å². The van der Waals surface area contributed by atoms with Crippen LogP contribution in [0.5, 0.6) is 0 Å². The molecule has 4 fully saturated rings. The number of amides is 3. The lowest BCUT2D eigenvalue weighted by molar-refractivity contribution is -0.134. The lowest BCUT2D eigenvalue weighted by Crippen LogP contribution is -2.41. The number of benzene rings is 1. The minimum atomic E-state index is -3.07. The molecule has 1 atom stereocenters. The second kappa shape index (κ2) is 18.9. The largest absolute Gasteiger partial charge is 0.386 e. The highest BCUT2D eigenvalue weighted by Crippen LogP contribution is 2.32. The Balaban J connectivity index is 0.783. The van der Waals surface area contributed by atoms with E-state index in [1.54, 1.807) is 16.9 Å². The summed E-state index contributed by atoms with van der Waals surface area (Å²) in [5.74, 6) is 5.88. The molecule has 0 radical (unpaired) electrons. The van der Waals surface area contributed by atoms with E-state index in [2.05, 4.69) is 47.9 Å². The molecular formula is C43H51F2N11O5. The molecule has 4 aliphatic rings. The number of piperidine rings is 2. The Morgan fingerprint density at radius 2 is 1.87 bits per heavy atom. The van der Waals surface area contributed by atoms with Crippen LogP contribution in [0.2, 0.25) is 0 Å². The van der Waals surface area contributed by atoms with Crippen molar-refractivity contribution in [3.05, 3.63) is 65.4 Å². The number of halogens is 2. The molecule has 4 N–H and O–H groups in total. The van der Waals surface area contributed by atoms with Crippen LogP contribution in [0.15, 0.2) is 48.6 Å². The van der Waals surface area contributed by atoms with E-state index in [9.17, 15) is 23.2 Å². The zero-order valence-corrected chi connectivity index (χ0v) is 34.2. The van der Waals surface area contributed by atoms with Gasteiger partial charge in [0, 0.05) is 70.0 Å². The van der Waals surface area contributed by atoms with Crippen LogP contribution >= 0.6 is 0 Å². The summed E-state index contributed by atoms with van der Waals surface area (Å²) in [6, 6.07) is 7.62. The normalized spacial score (nSPS) is 22.0. The van der Waals surface area contributed by atoms with Gasteiger partial charge >= 0.3 is 0 Å².